The lowest BCUT2D eigenvalue weighted by molar-refractivity contribution is 0.0567. The molecule has 2 saturated heterocycles. The molecule has 4 rings (SSSR count). The zero-order valence-corrected chi connectivity index (χ0v) is 19.0. The first-order chi connectivity index (χ1) is 14.8. The van der Waals surface area contributed by atoms with Gasteiger partial charge in [-0.2, -0.15) is 0 Å². The zero-order valence-electron chi connectivity index (χ0n) is 18.2. The van der Waals surface area contributed by atoms with Crippen molar-refractivity contribution in [3.05, 3.63) is 57.8 Å². The van der Waals surface area contributed by atoms with Crippen LogP contribution in [0, 0.1) is 0 Å². The summed E-state index contributed by atoms with van der Waals surface area (Å²) in [5.41, 5.74) is 1.41. The largest absolute Gasteiger partial charge is 0.396 e. The molecule has 164 valence electrons. The lowest BCUT2D eigenvalue weighted by Crippen LogP contribution is -2.53. The van der Waals surface area contributed by atoms with Gasteiger partial charge in [0.25, 0.3) is 0 Å². The first-order valence-electron chi connectivity index (χ1n) is 11.7. The van der Waals surface area contributed by atoms with Gasteiger partial charge in [0.1, 0.15) is 0 Å². The Kier molecular flexibility index (Phi) is 8.35. The number of benzene rings is 1. The van der Waals surface area contributed by atoms with Crippen LogP contribution in [0.2, 0.25) is 0 Å². The van der Waals surface area contributed by atoms with Crippen LogP contribution in [-0.4, -0.2) is 71.7 Å². The Balaban J connectivity index is 1.27. The topological polar surface area (TPSA) is 30.0 Å². The molecule has 0 bridgehead atoms. The number of nitrogens with zero attached hydrogens (tertiary/aromatic N) is 3. The molecule has 3 heterocycles. The van der Waals surface area contributed by atoms with Gasteiger partial charge in [0.2, 0.25) is 0 Å². The Morgan fingerprint density at radius 2 is 1.57 bits per heavy atom. The van der Waals surface area contributed by atoms with Gasteiger partial charge in [0, 0.05) is 61.7 Å². The van der Waals surface area contributed by atoms with Crippen molar-refractivity contribution in [2.45, 2.75) is 51.2 Å². The number of likely N-dealkylation sites (tertiary alicyclic amines) is 1. The van der Waals surface area contributed by atoms with E-state index in [1.54, 1.807) is 0 Å². The van der Waals surface area contributed by atoms with Crippen LogP contribution in [0.15, 0.2) is 42.5 Å². The van der Waals surface area contributed by atoms with Crippen molar-refractivity contribution in [3.63, 3.8) is 0 Å². The highest BCUT2D eigenvalue weighted by molar-refractivity contribution is 7.11. The van der Waals surface area contributed by atoms with Gasteiger partial charge in [-0.3, -0.25) is 14.7 Å². The second-order valence-electron chi connectivity index (χ2n) is 8.88. The number of hydrogen-bond donors (Lipinski definition) is 1. The molecule has 2 fully saturated rings. The molecule has 1 aromatic carbocycles. The molecule has 5 heteroatoms. The molecule has 0 aliphatic carbocycles. The molecule has 0 amide bonds. The summed E-state index contributed by atoms with van der Waals surface area (Å²) >= 11 is 2.00. The van der Waals surface area contributed by atoms with Crippen LogP contribution in [0.5, 0.6) is 0 Å². The number of aliphatic hydroxyl groups is 1. The molecular weight excluding hydrogens is 390 g/mol. The minimum absolute atomic E-state index is 0.277. The van der Waals surface area contributed by atoms with E-state index < -0.39 is 0 Å². The van der Waals surface area contributed by atoms with E-state index in [0.717, 1.165) is 52.1 Å². The highest BCUT2D eigenvalue weighted by Crippen LogP contribution is 2.23. The Morgan fingerprint density at radius 3 is 2.30 bits per heavy atom. The van der Waals surface area contributed by atoms with E-state index in [0.29, 0.717) is 6.04 Å². The van der Waals surface area contributed by atoms with Gasteiger partial charge >= 0.3 is 0 Å². The van der Waals surface area contributed by atoms with Gasteiger partial charge in [0.05, 0.1) is 0 Å². The molecule has 0 unspecified atom stereocenters. The van der Waals surface area contributed by atoms with E-state index in [2.05, 4.69) is 57.2 Å². The minimum atomic E-state index is 0.277. The molecule has 2 aliphatic rings. The van der Waals surface area contributed by atoms with Crippen molar-refractivity contribution in [2.24, 2.45) is 0 Å². The standard InChI is InChI=1S/C25H37N3OS/c29-18-12-23-19-27(16-17-28(23)15-11-22-7-3-1-4-8-22)21-25-10-9-24(30-25)20-26-13-5-2-6-14-26/h1,3-4,7-10,23,29H,2,5-6,11-21H2/t23-/m1/s1. The first kappa shape index (κ1) is 22.0. The van der Waals surface area contributed by atoms with E-state index in [1.807, 2.05) is 11.3 Å². The number of aliphatic hydroxyl groups excluding tert-OH is 1. The average molecular weight is 428 g/mol. The predicted octanol–water partition coefficient (Wildman–Crippen LogP) is 3.85. The third-order valence-electron chi connectivity index (χ3n) is 6.61. The molecular formula is C25H37N3OS. The van der Waals surface area contributed by atoms with Gasteiger partial charge in [-0.25, -0.2) is 0 Å². The van der Waals surface area contributed by atoms with Gasteiger partial charge in [-0.05, 0) is 56.5 Å². The lowest BCUT2D eigenvalue weighted by atomic mass is 10.1. The second-order valence-corrected chi connectivity index (χ2v) is 10.1. The zero-order chi connectivity index (χ0) is 20.6. The van der Waals surface area contributed by atoms with Crippen LogP contribution in [0.3, 0.4) is 0 Å². The van der Waals surface area contributed by atoms with Crippen LogP contribution in [0.1, 0.15) is 41.0 Å². The maximum absolute atomic E-state index is 9.61. The summed E-state index contributed by atoms with van der Waals surface area (Å²) in [6, 6.07) is 15.9. The number of hydrogen-bond acceptors (Lipinski definition) is 5. The average Bonchev–Trinajstić information content (AvgIpc) is 3.21. The quantitative estimate of drug-likeness (QED) is 0.658. The SMILES string of the molecule is OCC[C@@H]1CN(Cc2ccc(CN3CCCCC3)s2)CCN1CCc1ccccc1. The van der Waals surface area contributed by atoms with Crippen molar-refractivity contribution in [1.29, 1.82) is 0 Å². The number of thiophene rings is 1. The van der Waals surface area contributed by atoms with Crippen LogP contribution in [0.25, 0.3) is 0 Å². The molecule has 0 saturated carbocycles. The van der Waals surface area contributed by atoms with Gasteiger partial charge in [-0.1, -0.05) is 36.8 Å². The van der Waals surface area contributed by atoms with E-state index in [1.165, 1.54) is 47.7 Å². The molecule has 30 heavy (non-hydrogen) atoms. The smallest absolute Gasteiger partial charge is 0.0446 e. The minimum Gasteiger partial charge on any atom is -0.396 e. The maximum atomic E-state index is 9.61. The van der Waals surface area contributed by atoms with Gasteiger partial charge in [-0.15, -0.1) is 11.3 Å². The predicted molar refractivity (Wildman–Crippen MR) is 126 cm³/mol. The molecule has 1 atom stereocenters. The highest BCUT2D eigenvalue weighted by Gasteiger charge is 2.26. The Hall–Kier alpha value is -1.24. The molecule has 0 spiro atoms. The fourth-order valence-electron chi connectivity index (χ4n) is 4.89. The van der Waals surface area contributed by atoms with Crippen LogP contribution < -0.4 is 0 Å². The van der Waals surface area contributed by atoms with Crippen molar-refractivity contribution >= 4 is 11.3 Å². The Bertz CT molecular complexity index is 744. The summed E-state index contributed by atoms with van der Waals surface area (Å²) in [5.74, 6) is 0. The van der Waals surface area contributed by atoms with Crippen LogP contribution >= 0.6 is 11.3 Å². The molecule has 1 aromatic heterocycles. The fourth-order valence-corrected chi connectivity index (χ4v) is 5.99. The van der Waals surface area contributed by atoms with Crippen molar-refractivity contribution in [2.75, 3.05) is 45.9 Å². The fraction of sp³-hybridized carbons (Fsp3) is 0.600. The van der Waals surface area contributed by atoms with E-state index in [9.17, 15) is 5.11 Å². The first-order valence-corrected chi connectivity index (χ1v) is 12.5. The van der Waals surface area contributed by atoms with Crippen molar-refractivity contribution in [1.82, 2.24) is 14.7 Å². The molecule has 0 radical (unpaired) electrons. The van der Waals surface area contributed by atoms with Crippen molar-refractivity contribution in [3.8, 4) is 0 Å². The van der Waals surface area contributed by atoms with E-state index in [4.69, 9.17) is 0 Å². The number of rotatable bonds is 9. The summed E-state index contributed by atoms with van der Waals surface area (Å²) < 4.78 is 0. The molecule has 1 N–H and O–H groups in total. The van der Waals surface area contributed by atoms with E-state index >= 15 is 0 Å². The third kappa shape index (κ3) is 6.38. The summed E-state index contributed by atoms with van der Waals surface area (Å²) in [6.07, 6.45) is 6.08. The maximum Gasteiger partial charge on any atom is 0.0446 e. The van der Waals surface area contributed by atoms with Gasteiger partial charge < -0.3 is 5.11 Å². The normalized spacial score (nSPS) is 21.8. The lowest BCUT2D eigenvalue weighted by Gasteiger charge is -2.41. The molecule has 2 aromatic rings. The summed E-state index contributed by atoms with van der Waals surface area (Å²) in [6.45, 7) is 9.36. The summed E-state index contributed by atoms with van der Waals surface area (Å²) in [5, 5.41) is 9.61. The Labute approximate surface area is 186 Å². The van der Waals surface area contributed by atoms with Crippen LogP contribution in [0.4, 0.5) is 0 Å². The number of piperidine rings is 1. The summed E-state index contributed by atoms with van der Waals surface area (Å²) in [7, 11) is 0. The molecule has 4 nitrogen and oxygen atoms in total. The second kappa shape index (κ2) is 11.4. The van der Waals surface area contributed by atoms with E-state index in [-0.39, 0.29) is 6.61 Å². The third-order valence-corrected chi connectivity index (χ3v) is 7.66. The summed E-state index contributed by atoms with van der Waals surface area (Å²) in [4.78, 5) is 10.8. The number of piperazine rings is 1. The monoisotopic (exact) mass is 427 g/mol. The van der Waals surface area contributed by atoms with Gasteiger partial charge in [0.15, 0.2) is 0 Å². The highest BCUT2D eigenvalue weighted by atomic mass is 32.1. The van der Waals surface area contributed by atoms with Crippen molar-refractivity contribution < 1.29 is 5.11 Å². The molecule has 2 aliphatic heterocycles. The van der Waals surface area contributed by atoms with Crippen LogP contribution in [-0.2, 0) is 19.5 Å². The Morgan fingerprint density at radius 1 is 0.833 bits per heavy atom.